The number of carbonyl (C=O) groups is 1. The molecule has 4 saturated carbocycles. The van der Waals surface area contributed by atoms with E-state index in [-0.39, 0.29) is 16.7 Å². The van der Waals surface area contributed by atoms with E-state index in [1.165, 1.54) is 38.5 Å². The van der Waals surface area contributed by atoms with Crippen LogP contribution in [0.2, 0.25) is 0 Å². The lowest BCUT2D eigenvalue weighted by atomic mass is 9.53. The highest BCUT2D eigenvalue weighted by Crippen LogP contribution is 2.55. The zero-order valence-corrected chi connectivity index (χ0v) is 16.9. The minimum atomic E-state index is -0.157. The molecule has 4 aliphatic rings. The summed E-state index contributed by atoms with van der Waals surface area (Å²) in [6, 6.07) is 8.05. The summed E-state index contributed by atoms with van der Waals surface area (Å²) in [4.78, 5) is 22.2. The maximum atomic E-state index is 13.1. The first-order valence-corrected chi connectivity index (χ1v) is 11.1. The van der Waals surface area contributed by atoms with Gasteiger partial charge in [0.05, 0.1) is 10.8 Å². The van der Waals surface area contributed by atoms with Gasteiger partial charge in [0.1, 0.15) is 10.9 Å². The molecule has 1 aromatic carbocycles. The number of carbonyl (C=O) groups excluding carboxylic acids is 1. The number of nitrogens with one attached hydrogen (secondary N) is 1. The third kappa shape index (κ3) is 3.24. The maximum absolute atomic E-state index is 13.1. The summed E-state index contributed by atoms with van der Waals surface area (Å²) < 4.78 is 0. The Labute approximate surface area is 164 Å². The molecule has 0 radical (unpaired) electrons. The Morgan fingerprint density at radius 3 is 2.41 bits per heavy atom. The topological polar surface area (TPSA) is 54.9 Å². The summed E-state index contributed by atoms with van der Waals surface area (Å²) in [5.74, 6) is 3.45. The van der Waals surface area contributed by atoms with Gasteiger partial charge in [0.15, 0.2) is 0 Å². The van der Waals surface area contributed by atoms with Gasteiger partial charge in [-0.05, 0) is 76.2 Å². The Kier molecular flexibility index (Phi) is 4.19. The molecule has 1 aromatic heterocycles. The molecule has 2 aromatic rings. The molecule has 0 unspecified atom stereocenters. The number of hydrogen-bond acceptors (Lipinski definition) is 4. The molecule has 1 atom stereocenters. The predicted molar refractivity (Wildman–Crippen MR) is 109 cm³/mol. The molecular formula is C22H27N3OS. The third-order valence-corrected chi connectivity index (χ3v) is 7.87. The normalized spacial score (nSPS) is 32.6. The van der Waals surface area contributed by atoms with Crippen molar-refractivity contribution in [2.45, 2.75) is 68.2 Å². The monoisotopic (exact) mass is 381 g/mol. The number of nitrogens with zero attached hydrogens (tertiary/aromatic N) is 2. The summed E-state index contributed by atoms with van der Waals surface area (Å²) in [5, 5.41) is 5.29. The van der Waals surface area contributed by atoms with Gasteiger partial charge < -0.3 is 5.32 Å². The zero-order chi connectivity index (χ0) is 18.6. The van der Waals surface area contributed by atoms with E-state index in [1.54, 1.807) is 11.8 Å². The highest BCUT2D eigenvalue weighted by Gasteiger charge is 2.51. The number of thioether (sulfide) groups is 1. The number of rotatable bonds is 4. The van der Waals surface area contributed by atoms with Crippen molar-refractivity contribution in [1.29, 1.82) is 0 Å². The largest absolute Gasteiger partial charge is 0.350 e. The van der Waals surface area contributed by atoms with Crippen molar-refractivity contribution in [3.8, 4) is 0 Å². The summed E-state index contributed by atoms with van der Waals surface area (Å²) in [6.07, 6.45) is 7.76. The van der Waals surface area contributed by atoms with Crippen LogP contribution in [0.5, 0.6) is 0 Å². The van der Waals surface area contributed by atoms with Crippen LogP contribution >= 0.6 is 11.8 Å². The van der Waals surface area contributed by atoms with Crippen LogP contribution in [0.15, 0.2) is 29.3 Å². The van der Waals surface area contributed by atoms with E-state index in [2.05, 4.69) is 15.3 Å². The molecular weight excluding hydrogens is 354 g/mol. The summed E-state index contributed by atoms with van der Waals surface area (Å²) in [6.45, 7) is 3.92. The fourth-order valence-corrected chi connectivity index (χ4v) is 7.08. The molecule has 1 N–H and O–H groups in total. The molecule has 6 rings (SSSR count). The first kappa shape index (κ1) is 17.5. The molecule has 27 heavy (non-hydrogen) atoms. The van der Waals surface area contributed by atoms with Crippen molar-refractivity contribution in [2.24, 2.45) is 17.8 Å². The maximum Gasteiger partial charge on any atom is 0.233 e. The highest BCUT2D eigenvalue weighted by molar-refractivity contribution is 8.00. The molecule has 1 amide bonds. The fourth-order valence-electron chi connectivity index (χ4n) is 6.10. The van der Waals surface area contributed by atoms with Gasteiger partial charge in [-0.25, -0.2) is 9.97 Å². The van der Waals surface area contributed by atoms with Crippen LogP contribution in [0.25, 0.3) is 10.9 Å². The average molecular weight is 382 g/mol. The van der Waals surface area contributed by atoms with Crippen LogP contribution in [0.4, 0.5) is 0 Å². The molecule has 5 heteroatoms. The van der Waals surface area contributed by atoms with Gasteiger partial charge in [0.2, 0.25) is 5.91 Å². The van der Waals surface area contributed by atoms with Gasteiger partial charge in [0, 0.05) is 10.9 Å². The second-order valence-corrected chi connectivity index (χ2v) is 10.4. The first-order valence-electron chi connectivity index (χ1n) is 10.2. The Bertz CT molecular complexity index is 861. The molecule has 0 spiro atoms. The number of aryl methyl sites for hydroxylation is 1. The molecule has 1 heterocycles. The number of benzene rings is 1. The van der Waals surface area contributed by atoms with Crippen molar-refractivity contribution in [1.82, 2.24) is 15.3 Å². The van der Waals surface area contributed by atoms with Crippen molar-refractivity contribution < 1.29 is 4.79 Å². The minimum Gasteiger partial charge on any atom is -0.350 e. The molecule has 142 valence electrons. The Balaban J connectivity index is 1.33. The predicted octanol–water partition coefficient (Wildman–Crippen LogP) is 4.50. The van der Waals surface area contributed by atoms with E-state index in [1.807, 2.05) is 38.1 Å². The van der Waals surface area contributed by atoms with Crippen molar-refractivity contribution >= 4 is 28.6 Å². The number of fused-ring (bicyclic) bond motifs is 1. The number of aromatic nitrogens is 2. The van der Waals surface area contributed by atoms with Crippen LogP contribution in [0.3, 0.4) is 0 Å². The van der Waals surface area contributed by atoms with Crippen LogP contribution < -0.4 is 5.32 Å². The van der Waals surface area contributed by atoms with Crippen molar-refractivity contribution in [3.63, 3.8) is 0 Å². The van der Waals surface area contributed by atoms with E-state index in [4.69, 9.17) is 0 Å². The first-order chi connectivity index (χ1) is 13.0. The lowest BCUT2D eigenvalue weighted by Gasteiger charge is -2.57. The quantitative estimate of drug-likeness (QED) is 0.626. The molecule has 4 fully saturated rings. The standard InChI is InChI=1S/C22H27N3OS/c1-13(27-21-18-5-3-4-6-19(18)23-14(2)24-21)20(26)25-22-10-15-7-16(11-22)9-17(8-15)12-22/h3-6,13,15-17H,7-12H2,1-2H3,(H,25,26)/t13-,15?,16?,17?,22?/m1/s1. The van der Waals surface area contributed by atoms with Crippen LogP contribution in [-0.4, -0.2) is 26.7 Å². The van der Waals surface area contributed by atoms with E-state index >= 15 is 0 Å². The van der Waals surface area contributed by atoms with E-state index in [9.17, 15) is 4.79 Å². The van der Waals surface area contributed by atoms with Gasteiger partial charge >= 0.3 is 0 Å². The molecule has 0 aliphatic heterocycles. The Morgan fingerprint density at radius 1 is 1.11 bits per heavy atom. The van der Waals surface area contributed by atoms with E-state index in [0.717, 1.165) is 39.5 Å². The minimum absolute atomic E-state index is 0.0737. The van der Waals surface area contributed by atoms with Crippen molar-refractivity contribution in [2.75, 3.05) is 0 Å². The molecule has 4 bridgehead atoms. The van der Waals surface area contributed by atoms with E-state index < -0.39 is 0 Å². The zero-order valence-electron chi connectivity index (χ0n) is 16.1. The second-order valence-electron chi connectivity index (χ2n) is 9.04. The summed E-state index contributed by atoms with van der Waals surface area (Å²) in [5.41, 5.74) is 1.02. The van der Waals surface area contributed by atoms with E-state index in [0.29, 0.717) is 0 Å². The van der Waals surface area contributed by atoms with Crippen LogP contribution in [-0.2, 0) is 4.79 Å². The van der Waals surface area contributed by atoms with Gasteiger partial charge in [-0.15, -0.1) is 0 Å². The molecule has 4 aliphatic carbocycles. The fraction of sp³-hybridized carbons (Fsp3) is 0.591. The number of hydrogen-bond donors (Lipinski definition) is 1. The Morgan fingerprint density at radius 2 is 1.74 bits per heavy atom. The van der Waals surface area contributed by atoms with Gasteiger partial charge in [-0.2, -0.15) is 0 Å². The van der Waals surface area contributed by atoms with Crippen LogP contribution in [0, 0.1) is 24.7 Å². The second kappa shape index (κ2) is 6.47. The summed E-state index contributed by atoms with van der Waals surface area (Å²) >= 11 is 1.56. The van der Waals surface area contributed by atoms with Crippen molar-refractivity contribution in [3.05, 3.63) is 30.1 Å². The van der Waals surface area contributed by atoms with Crippen LogP contribution in [0.1, 0.15) is 51.3 Å². The third-order valence-electron chi connectivity index (χ3n) is 6.76. The van der Waals surface area contributed by atoms with Gasteiger partial charge in [0.25, 0.3) is 0 Å². The molecule has 4 nitrogen and oxygen atoms in total. The lowest BCUT2D eigenvalue weighted by Crippen LogP contribution is -2.60. The smallest absolute Gasteiger partial charge is 0.233 e. The lowest BCUT2D eigenvalue weighted by molar-refractivity contribution is -0.126. The number of para-hydroxylation sites is 1. The highest BCUT2D eigenvalue weighted by atomic mass is 32.2. The number of amides is 1. The summed E-state index contributed by atoms with van der Waals surface area (Å²) in [7, 11) is 0. The SMILES string of the molecule is Cc1nc(S[C@H](C)C(=O)NC23CC4CC(CC(C4)C2)C3)c2ccccc2n1. The molecule has 0 saturated heterocycles. The van der Waals surface area contributed by atoms with Gasteiger partial charge in [-0.3, -0.25) is 4.79 Å². The Hall–Kier alpha value is -1.62. The average Bonchev–Trinajstić information content (AvgIpc) is 2.60. The van der Waals surface area contributed by atoms with Gasteiger partial charge in [-0.1, -0.05) is 30.0 Å².